The number of benzene rings is 1. The highest BCUT2D eigenvalue weighted by Crippen LogP contribution is 2.35. The molecule has 0 aromatic heterocycles. The average Bonchev–Trinajstić information content (AvgIpc) is 2.65. The van der Waals surface area contributed by atoms with Gasteiger partial charge in [0, 0.05) is 17.2 Å². The summed E-state index contributed by atoms with van der Waals surface area (Å²) in [6.07, 6.45) is 0. The molecule has 0 spiro atoms. The van der Waals surface area contributed by atoms with Crippen molar-refractivity contribution in [1.82, 2.24) is 5.32 Å². The van der Waals surface area contributed by atoms with Crippen molar-refractivity contribution in [2.45, 2.75) is 4.90 Å². The van der Waals surface area contributed by atoms with Gasteiger partial charge in [0.1, 0.15) is 0 Å². The summed E-state index contributed by atoms with van der Waals surface area (Å²) < 4.78 is 10.5. The van der Waals surface area contributed by atoms with Gasteiger partial charge in [-0.05, 0) is 25.2 Å². The predicted molar refractivity (Wildman–Crippen MR) is 57.2 cm³/mol. The van der Waals surface area contributed by atoms with Crippen LogP contribution in [0.3, 0.4) is 0 Å². The van der Waals surface area contributed by atoms with Crippen molar-refractivity contribution in [3.05, 3.63) is 18.2 Å². The minimum Gasteiger partial charge on any atom is -0.454 e. The molecule has 0 saturated carbocycles. The van der Waals surface area contributed by atoms with E-state index in [2.05, 4.69) is 11.4 Å². The Bertz CT molecular complexity index is 317. The van der Waals surface area contributed by atoms with E-state index in [1.807, 2.05) is 30.9 Å². The Morgan fingerprint density at radius 2 is 2.21 bits per heavy atom. The van der Waals surface area contributed by atoms with Crippen LogP contribution in [-0.2, 0) is 0 Å². The average molecular weight is 211 g/mol. The predicted octanol–water partition coefficient (Wildman–Crippen LogP) is 1.73. The van der Waals surface area contributed by atoms with Gasteiger partial charge in [0.2, 0.25) is 6.79 Å². The molecular weight excluding hydrogens is 198 g/mol. The second-order valence-corrected chi connectivity index (χ2v) is 4.14. The highest BCUT2D eigenvalue weighted by atomic mass is 32.2. The first-order chi connectivity index (χ1) is 6.90. The van der Waals surface area contributed by atoms with Gasteiger partial charge in [-0.3, -0.25) is 0 Å². The van der Waals surface area contributed by atoms with Crippen molar-refractivity contribution in [1.29, 1.82) is 0 Å². The molecule has 1 N–H and O–H groups in total. The van der Waals surface area contributed by atoms with Gasteiger partial charge in [-0.2, -0.15) is 0 Å². The van der Waals surface area contributed by atoms with Crippen LogP contribution >= 0.6 is 11.8 Å². The molecular formula is C10H13NO2S. The second-order valence-electron chi connectivity index (χ2n) is 2.97. The Morgan fingerprint density at radius 1 is 1.36 bits per heavy atom. The molecule has 1 aromatic rings. The molecule has 0 bridgehead atoms. The van der Waals surface area contributed by atoms with Crippen LogP contribution in [0.4, 0.5) is 0 Å². The van der Waals surface area contributed by atoms with Gasteiger partial charge in [-0.15, -0.1) is 11.8 Å². The maximum absolute atomic E-state index is 5.29. The van der Waals surface area contributed by atoms with E-state index in [-0.39, 0.29) is 0 Å². The fourth-order valence-corrected chi connectivity index (χ4v) is 2.13. The lowest BCUT2D eigenvalue weighted by Gasteiger charge is -2.02. The summed E-state index contributed by atoms with van der Waals surface area (Å²) in [5.41, 5.74) is 0. The number of ether oxygens (including phenoxy) is 2. The van der Waals surface area contributed by atoms with Crippen molar-refractivity contribution < 1.29 is 9.47 Å². The third-order valence-electron chi connectivity index (χ3n) is 1.96. The fourth-order valence-electron chi connectivity index (χ4n) is 1.24. The lowest BCUT2D eigenvalue weighted by molar-refractivity contribution is 0.174. The third-order valence-corrected chi connectivity index (χ3v) is 2.96. The largest absolute Gasteiger partial charge is 0.454 e. The summed E-state index contributed by atoms with van der Waals surface area (Å²) in [6.45, 7) is 1.36. The SMILES string of the molecule is CNCCSc1ccc2c(c1)OCO2. The van der Waals surface area contributed by atoms with Crippen LogP contribution in [0.2, 0.25) is 0 Å². The molecule has 0 fully saturated rings. The zero-order chi connectivity index (χ0) is 9.80. The summed E-state index contributed by atoms with van der Waals surface area (Å²) in [6, 6.07) is 6.06. The van der Waals surface area contributed by atoms with E-state index in [1.165, 1.54) is 4.90 Å². The lowest BCUT2D eigenvalue weighted by Crippen LogP contribution is -2.09. The van der Waals surface area contributed by atoms with Gasteiger partial charge >= 0.3 is 0 Å². The molecule has 1 heterocycles. The van der Waals surface area contributed by atoms with Gasteiger partial charge in [0.15, 0.2) is 11.5 Å². The molecule has 0 aliphatic carbocycles. The van der Waals surface area contributed by atoms with E-state index >= 15 is 0 Å². The summed E-state index contributed by atoms with van der Waals surface area (Å²) in [5.74, 6) is 2.78. The molecule has 1 aliphatic heterocycles. The topological polar surface area (TPSA) is 30.5 Å². The Hall–Kier alpha value is -0.870. The zero-order valence-electron chi connectivity index (χ0n) is 8.08. The molecule has 0 unspecified atom stereocenters. The Labute approximate surface area is 87.8 Å². The number of hydrogen-bond donors (Lipinski definition) is 1. The molecule has 0 atom stereocenters. The van der Waals surface area contributed by atoms with Gasteiger partial charge < -0.3 is 14.8 Å². The minimum absolute atomic E-state index is 0.347. The number of nitrogens with one attached hydrogen (secondary N) is 1. The maximum atomic E-state index is 5.29. The Morgan fingerprint density at radius 3 is 3.07 bits per heavy atom. The highest BCUT2D eigenvalue weighted by Gasteiger charge is 2.12. The van der Waals surface area contributed by atoms with Gasteiger partial charge in [-0.1, -0.05) is 0 Å². The first-order valence-corrected chi connectivity index (χ1v) is 5.56. The van der Waals surface area contributed by atoms with Crippen LogP contribution in [0, 0.1) is 0 Å². The molecule has 14 heavy (non-hydrogen) atoms. The van der Waals surface area contributed by atoms with Crippen molar-refractivity contribution in [2.75, 3.05) is 26.1 Å². The quantitative estimate of drug-likeness (QED) is 0.607. The van der Waals surface area contributed by atoms with E-state index in [1.54, 1.807) is 0 Å². The van der Waals surface area contributed by atoms with Crippen LogP contribution < -0.4 is 14.8 Å². The number of fused-ring (bicyclic) bond motifs is 1. The van der Waals surface area contributed by atoms with Crippen molar-refractivity contribution >= 4 is 11.8 Å². The molecule has 4 heteroatoms. The first kappa shape index (κ1) is 9.68. The van der Waals surface area contributed by atoms with Crippen LogP contribution in [-0.4, -0.2) is 26.1 Å². The van der Waals surface area contributed by atoms with E-state index in [4.69, 9.17) is 9.47 Å². The van der Waals surface area contributed by atoms with Crippen LogP contribution in [0.5, 0.6) is 11.5 Å². The molecule has 3 nitrogen and oxygen atoms in total. The molecule has 1 aliphatic rings. The van der Waals surface area contributed by atoms with E-state index in [0.717, 1.165) is 23.8 Å². The molecule has 76 valence electrons. The normalized spacial score (nSPS) is 13.2. The monoisotopic (exact) mass is 211 g/mol. The second kappa shape index (κ2) is 4.57. The molecule has 1 aromatic carbocycles. The molecule has 0 saturated heterocycles. The molecule has 0 radical (unpaired) electrons. The summed E-state index contributed by atoms with van der Waals surface area (Å²) in [7, 11) is 1.96. The van der Waals surface area contributed by atoms with Crippen molar-refractivity contribution in [3.63, 3.8) is 0 Å². The minimum atomic E-state index is 0.347. The number of hydrogen-bond acceptors (Lipinski definition) is 4. The third kappa shape index (κ3) is 2.13. The lowest BCUT2D eigenvalue weighted by atomic mass is 10.3. The molecule has 0 amide bonds. The molecule has 2 rings (SSSR count). The summed E-state index contributed by atoms with van der Waals surface area (Å²) >= 11 is 1.81. The highest BCUT2D eigenvalue weighted by molar-refractivity contribution is 7.99. The van der Waals surface area contributed by atoms with Gasteiger partial charge in [-0.25, -0.2) is 0 Å². The fraction of sp³-hybridized carbons (Fsp3) is 0.400. The van der Waals surface area contributed by atoms with E-state index in [9.17, 15) is 0 Å². The van der Waals surface area contributed by atoms with Crippen LogP contribution in [0.1, 0.15) is 0 Å². The standard InChI is InChI=1S/C10H13NO2S/c1-11-4-5-14-8-2-3-9-10(6-8)13-7-12-9/h2-3,6,11H,4-5,7H2,1H3. The number of rotatable bonds is 4. The summed E-state index contributed by atoms with van der Waals surface area (Å²) in [5, 5.41) is 3.11. The smallest absolute Gasteiger partial charge is 0.231 e. The first-order valence-electron chi connectivity index (χ1n) is 4.57. The Kier molecular flexibility index (Phi) is 3.16. The zero-order valence-corrected chi connectivity index (χ0v) is 8.89. The van der Waals surface area contributed by atoms with Gasteiger partial charge in [0.05, 0.1) is 0 Å². The van der Waals surface area contributed by atoms with Crippen LogP contribution in [0.25, 0.3) is 0 Å². The maximum Gasteiger partial charge on any atom is 0.231 e. The summed E-state index contributed by atoms with van der Waals surface area (Å²) in [4.78, 5) is 1.23. The van der Waals surface area contributed by atoms with Crippen LogP contribution in [0.15, 0.2) is 23.1 Å². The van der Waals surface area contributed by atoms with Gasteiger partial charge in [0.25, 0.3) is 0 Å². The van der Waals surface area contributed by atoms with E-state index < -0.39 is 0 Å². The van der Waals surface area contributed by atoms with E-state index in [0.29, 0.717) is 6.79 Å². The van der Waals surface area contributed by atoms with Crippen molar-refractivity contribution in [3.8, 4) is 11.5 Å². The Balaban J connectivity index is 1.98. The van der Waals surface area contributed by atoms with Crippen molar-refractivity contribution in [2.24, 2.45) is 0 Å². The number of thioether (sulfide) groups is 1.